The third-order valence-electron chi connectivity index (χ3n) is 8.63. The Kier molecular flexibility index (Phi) is 9.81. The predicted molar refractivity (Wildman–Crippen MR) is 162 cm³/mol. The predicted octanol–water partition coefficient (Wildman–Crippen LogP) is 3.92. The van der Waals surface area contributed by atoms with E-state index in [4.69, 9.17) is 4.74 Å². The number of unbranched alkanes of at least 4 members (excludes halogenated alkanes) is 2. The summed E-state index contributed by atoms with van der Waals surface area (Å²) in [6.45, 7) is 15.1. The van der Waals surface area contributed by atoms with E-state index in [2.05, 4.69) is 29.1 Å². The summed E-state index contributed by atoms with van der Waals surface area (Å²) in [4.78, 5) is 48.1. The van der Waals surface area contributed by atoms with Crippen molar-refractivity contribution in [3.05, 3.63) is 61.2 Å². The minimum absolute atomic E-state index is 0.0766. The summed E-state index contributed by atoms with van der Waals surface area (Å²) in [5.41, 5.74) is -0.637. The van der Waals surface area contributed by atoms with E-state index >= 15 is 0 Å². The van der Waals surface area contributed by atoms with Gasteiger partial charge in [0.05, 0.1) is 17.9 Å². The van der Waals surface area contributed by atoms with Gasteiger partial charge >= 0.3 is 0 Å². The fourth-order valence-corrected chi connectivity index (χ4v) is 7.82. The van der Waals surface area contributed by atoms with Crippen LogP contribution in [0.4, 0.5) is 0 Å². The second-order valence-corrected chi connectivity index (χ2v) is 13.6. The number of hydrogen-bond donors (Lipinski definition) is 1. The zero-order valence-electron chi connectivity index (χ0n) is 24.5. The highest BCUT2D eigenvalue weighted by molar-refractivity contribution is 9.09. The van der Waals surface area contributed by atoms with Gasteiger partial charge in [-0.1, -0.05) is 58.4 Å². The van der Waals surface area contributed by atoms with Crippen LogP contribution in [0.3, 0.4) is 0 Å². The van der Waals surface area contributed by atoms with Crippen LogP contribution in [0.5, 0.6) is 0 Å². The lowest BCUT2D eigenvalue weighted by molar-refractivity contribution is -0.151. The van der Waals surface area contributed by atoms with E-state index < -0.39 is 35.1 Å². The van der Waals surface area contributed by atoms with Crippen molar-refractivity contribution in [1.82, 2.24) is 14.7 Å². The van der Waals surface area contributed by atoms with Gasteiger partial charge in [0.2, 0.25) is 17.7 Å². The molecule has 41 heavy (non-hydrogen) atoms. The van der Waals surface area contributed by atoms with E-state index in [-0.39, 0.29) is 29.2 Å². The third kappa shape index (κ3) is 5.90. The molecule has 1 N–H and O–H groups in total. The number of aliphatic hydroxyl groups is 1. The molecule has 3 amide bonds. The summed E-state index contributed by atoms with van der Waals surface area (Å²) < 4.78 is 6.72. The Bertz CT molecular complexity index is 1140. The first kappa shape index (κ1) is 31.4. The first-order valence-corrected chi connectivity index (χ1v) is 15.5. The average Bonchev–Trinajstić information content (AvgIpc) is 3.52. The zero-order chi connectivity index (χ0) is 29.9. The van der Waals surface area contributed by atoms with Gasteiger partial charge in [-0.2, -0.15) is 0 Å². The molecule has 2 bridgehead atoms. The fraction of sp³-hybridized carbons (Fsp3) is 0.594. The number of carbonyl (C=O) groups excluding carboxylic acids is 3. The molecule has 4 rings (SSSR count). The largest absolute Gasteiger partial charge is 0.396 e. The number of aliphatic hydroxyl groups excluding tert-OH is 1. The maximum absolute atomic E-state index is 14.5. The Morgan fingerprint density at radius 3 is 2.41 bits per heavy atom. The fourth-order valence-electron chi connectivity index (χ4n) is 6.88. The van der Waals surface area contributed by atoms with E-state index in [1.54, 1.807) is 26.9 Å². The molecule has 8 nitrogen and oxygen atoms in total. The second kappa shape index (κ2) is 12.8. The Morgan fingerprint density at radius 1 is 1.12 bits per heavy atom. The number of ether oxygens (including phenoxy) is 1. The van der Waals surface area contributed by atoms with E-state index in [0.29, 0.717) is 45.4 Å². The van der Waals surface area contributed by atoms with Crippen LogP contribution in [0.1, 0.15) is 52.0 Å². The molecule has 224 valence electrons. The minimum Gasteiger partial charge on any atom is -0.396 e. The van der Waals surface area contributed by atoms with Gasteiger partial charge in [-0.25, -0.2) is 0 Å². The van der Waals surface area contributed by atoms with Crippen molar-refractivity contribution >= 4 is 33.7 Å². The van der Waals surface area contributed by atoms with Crippen molar-refractivity contribution < 1.29 is 24.2 Å². The second-order valence-electron chi connectivity index (χ2n) is 12.4. The number of rotatable bonds is 13. The molecule has 0 radical (unpaired) electrons. The number of fused-ring (bicyclic) bond motifs is 1. The molecule has 3 aliphatic rings. The quantitative estimate of drug-likeness (QED) is 0.203. The zero-order valence-corrected chi connectivity index (χ0v) is 26.1. The van der Waals surface area contributed by atoms with Gasteiger partial charge in [0.15, 0.2) is 0 Å². The molecule has 0 aliphatic carbocycles. The van der Waals surface area contributed by atoms with Crippen molar-refractivity contribution in [1.29, 1.82) is 0 Å². The van der Waals surface area contributed by atoms with Crippen LogP contribution >= 0.6 is 15.9 Å². The van der Waals surface area contributed by atoms with E-state index in [9.17, 15) is 19.5 Å². The van der Waals surface area contributed by atoms with Crippen LogP contribution < -0.4 is 0 Å². The molecule has 6 atom stereocenters. The van der Waals surface area contributed by atoms with Gasteiger partial charge in [0.1, 0.15) is 11.6 Å². The summed E-state index contributed by atoms with van der Waals surface area (Å²) in [6, 6.07) is 8.90. The Balaban J connectivity index is 1.73. The molecule has 9 heteroatoms. The maximum Gasteiger partial charge on any atom is 0.249 e. The highest BCUT2D eigenvalue weighted by Crippen LogP contribution is 2.60. The number of hydrogen-bond acceptors (Lipinski definition) is 5. The first-order valence-electron chi connectivity index (χ1n) is 14.6. The van der Waals surface area contributed by atoms with E-state index in [0.717, 1.165) is 12.0 Å². The van der Waals surface area contributed by atoms with Crippen LogP contribution in [-0.2, 0) is 25.7 Å². The molecule has 1 spiro atoms. The lowest BCUT2D eigenvalue weighted by Gasteiger charge is -2.42. The molecule has 3 unspecified atom stereocenters. The molecule has 1 aromatic carbocycles. The van der Waals surface area contributed by atoms with Gasteiger partial charge in [-0.15, -0.1) is 13.2 Å². The Labute approximate surface area is 252 Å². The van der Waals surface area contributed by atoms with Gasteiger partial charge in [-0.3, -0.25) is 14.4 Å². The number of benzene rings is 1. The van der Waals surface area contributed by atoms with Crippen molar-refractivity contribution in [2.75, 3.05) is 26.2 Å². The van der Waals surface area contributed by atoms with Crippen LogP contribution in [0.15, 0.2) is 55.6 Å². The van der Waals surface area contributed by atoms with Crippen molar-refractivity contribution in [2.45, 2.75) is 81.1 Å². The first-order chi connectivity index (χ1) is 19.5. The van der Waals surface area contributed by atoms with Crippen LogP contribution in [-0.4, -0.2) is 91.9 Å². The SMILES string of the molecule is C=CCN(Cc1ccccc1)C(=O)[C@H]1[C@H]2C(=O)N(CCCCCO)C(C(=O)N(CC=C)C(C)(C)C)C23CC(Br)[C@@H]1O3. The summed E-state index contributed by atoms with van der Waals surface area (Å²) in [5, 5.41) is 9.29. The number of alkyl halides is 1. The molecular formula is C32H44BrN3O5. The highest BCUT2D eigenvalue weighted by atomic mass is 79.9. The van der Waals surface area contributed by atoms with Gasteiger partial charge in [0.25, 0.3) is 0 Å². The summed E-state index contributed by atoms with van der Waals surface area (Å²) in [5.74, 6) is -2.01. The van der Waals surface area contributed by atoms with Crippen molar-refractivity contribution in [3.63, 3.8) is 0 Å². The molecule has 3 fully saturated rings. The Hall–Kier alpha value is -2.49. The monoisotopic (exact) mass is 629 g/mol. The van der Waals surface area contributed by atoms with E-state index in [1.807, 2.05) is 51.1 Å². The molecule has 0 saturated carbocycles. The lowest BCUT2D eigenvalue weighted by atomic mass is 9.70. The van der Waals surface area contributed by atoms with Crippen molar-refractivity contribution in [2.24, 2.45) is 11.8 Å². The summed E-state index contributed by atoms with van der Waals surface area (Å²) >= 11 is 3.77. The maximum atomic E-state index is 14.5. The molecule has 3 aliphatic heterocycles. The molecule has 3 heterocycles. The Morgan fingerprint density at radius 2 is 1.80 bits per heavy atom. The topological polar surface area (TPSA) is 90.4 Å². The molecule has 1 aromatic rings. The highest BCUT2D eigenvalue weighted by Gasteiger charge is 2.77. The summed E-state index contributed by atoms with van der Waals surface area (Å²) in [7, 11) is 0. The smallest absolute Gasteiger partial charge is 0.249 e. The number of halogens is 1. The number of likely N-dealkylation sites (tertiary alicyclic amines) is 1. The third-order valence-corrected chi connectivity index (χ3v) is 9.48. The molecule has 0 aromatic heterocycles. The van der Waals surface area contributed by atoms with Gasteiger partial charge in [0, 0.05) is 43.2 Å². The number of amides is 3. The van der Waals surface area contributed by atoms with E-state index in [1.165, 1.54) is 0 Å². The van der Waals surface area contributed by atoms with Crippen LogP contribution in [0.2, 0.25) is 0 Å². The molecule has 3 saturated heterocycles. The minimum atomic E-state index is -1.11. The van der Waals surface area contributed by atoms with Crippen molar-refractivity contribution in [3.8, 4) is 0 Å². The number of nitrogens with zero attached hydrogens (tertiary/aromatic N) is 3. The van der Waals surface area contributed by atoms with Crippen LogP contribution in [0.25, 0.3) is 0 Å². The lowest BCUT2D eigenvalue weighted by Crippen LogP contribution is -2.60. The van der Waals surface area contributed by atoms with Gasteiger partial charge < -0.3 is 24.5 Å². The average molecular weight is 631 g/mol. The normalized spacial score (nSPS) is 28.5. The van der Waals surface area contributed by atoms with Gasteiger partial charge in [-0.05, 0) is 52.0 Å². The standard InChI is InChI=1S/C32H44BrN3O5/c1-6-16-34(21-22-14-10-8-11-15-22)28(38)24-25-29(39)35(18-12-9-13-19-37)27(32(25)20-23(33)26(24)41-32)30(40)36(17-7-2)31(3,4)5/h6-8,10-11,14-15,23-27,37H,1-2,9,12-13,16-21H2,3-5H3/t23?,24-,25-,26-,27?,32?/m0/s1. The molecular weight excluding hydrogens is 586 g/mol. The summed E-state index contributed by atoms with van der Waals surface area (Å²) in [6.07, 6.45) is 5.34. The van der Waals surface area contributed by atoms with Crippen LogP contribution in [0, 0.1) is 11.8 Å². The number of carbonyl (C=O) groups is 3.